The van der Waals surface area contributed by atoms with E-state index in [2.05, 4.69) is 16.6 Å². The second kappa shape index (κ2) is 10.8. The van der Waals surface area contributed by atoms with Crippen LogP contribution in [0.1, 0.15) is 19.8 Å². The van der Waals surface area contributed by atoms with Gasteiger partial charge in [-0.3, -0.25) is 4.79 Å². The molecule has 0 saturated carbocycles. The Morgan fingerprint density at radius 3 is 2.78 bits per heavy atom. The minimum absolute atomic E-state index is 0.132. The van der Waals surface area contributed by atoms with Gasteiger partial charge in [0.05, 0.1) is 5.75 Å². The van der Waals surface area contributed by atoms with Gasteiger partial charge in [-0.25, -0.2) is 4.79 Å². The molecule has 0 aromatic rings. The lowest BCUT2D eigenvalue weighted by Gasteiger charge is -2.12. The normalized spacial score (nSPS) is 11.3. The summed E-state index contributed by atoms with van der Waals surface area (Å²) >= 11 is 1.59. The average Bonchev–Trinajstić information content (AvgIpc) is 2.33. The molecule has 18 heavy (non-hydrogen) atoms. The summed E-state index contributed by atoms with van der Waals surface area (Å²) in [4.78, 5) is 21.7. The highest BCUT2D eigenvalue weighted by Gasteiger charge is 2.07. The number of urea groups is 1. The smallest absolute Gasteiger partial charge is 0.314 e. The van der Waals surface area contributed by atoms with Gasteiger partial charge in [-0.2, -0.15) is 0 Å². The fraction of sp³-hybridized carbons (Fsp3) is 0.667. The molecule has 0 rings (SSSR count). The predicted molar refractivity (Wildman–Crippen MR) is 73.6 cm³/mol. The van der Waals surface area contributed by atoms with Crippen molar-refractivity contribution in [2.75, 3.05) is 24.6 Å². The molecule has 0 spiro atoms. The molecule has 0 bridgehead atoms. The van der Waals surface area contributed by atoms with Crippen LogP contribution in [0.15, 0.2) is 0 Å². The van der Waals surface area contributed by atoms with Gasteiger partial charge in [0.15, 0.2) is 0 Å². The highest BCUT2D eigenvalue weighted by molar-refractivity contribution is 7.99. The maximum absolute atomic E-state index is 11.3. The highest BCUT2D eigenvalue weighted by Crippen LogP contribution is 2.03. The molecule has 0 radical (unpaired) electrons. The van der Waals surface area contributed by atoms with Crippen molar-refractivity contribution in [1.82, 2.24) is 10.6 Å². The summed E-state index contributed by atoms with van der Waals surface area (Å²) in [7, 11) is 0. The Balaban J connectivity index is 3.46. The first-order valence-electron chi connectivity index (χ1n) is 5.81. The largest absolute Gasteiger partial charge is 0.481 e. The average molecular weight is 272 g/mol. The van der Waals surface area contributed by atoms with Crippen LogP contribution in [-0.4, -0.2) is 41.7 Å². The van der Waals surface area contributed by atoms with Crippen molar-refractivity contribution in [2.45, 2.75) is 19.8 Å². The Morgan fingerprint density at radius 2 is 2.17 bits per heavy atom. The van der Waals surface area contributed by atoms with Gasteiger partial charge in [0.1, 0.15) is 0 Å². The molecule has 3 N–H and O–H groups in total. The second-order valence-corrected chi connectivity index (χ2v) is 5.04. The van der Waals surface area contributed by atoms with Gasteiger partial charge < -0.3 is 15.7 Å². The van der Waals surface area contributed by atoms with Gasteiger partial charge in [0.25, 0.3) is 0 Å². The number of hydrogen-bond acceptors (Lipinski definition) is 3. The number of carboxylic acid groups (broad SMARTS) is 1. The minimum atomic E-state index is -0.808. The Morgan fingerprint density at radius 1 is 1.44 bits per heavy atom. The van der Waals surface area contributed by atoms with Crippen LogP contribution < -0.4 is 10.6 Å². The molecule has 0 heterocycles. The molecular weight excluding hydrogens is 252 g/mol. The molecule has 2 amide bonds. The van der Waals surface area contributed by atoms with E-state index in [0.717, 1.165) is 5.75 Å². The second-order valence-electron chi connectivity index (χ2n) is 3.93. The van der Waals surface area contributed by atoms with Crippen LogP contribution in [0.25, 0.3) is 0 Å². The van der Waals surface area contributed by atoms with Gasteiger partial charge >= 0.3 is 12.0 Å². The van der Waals surface area contributed by atoms with Crippen molar-refractivity contribution in [3.05, 3.63) is 0 Å². The van der Waals surface area contributed by atoms with Crippen LogP contribution in [0.4, 0.5) is 4.79 Å². The van der Waals surface area contributed by atoms with Gasteiger partial charge in [-0.1, -0.05) is 12.8 Å². The van der Waals surface area contributed by atoms with Crippen LogP contribution >= 0.6 is 11.8 Å². The summed E-state index contributed by atoms with van der Waals surface area (Å²) in [5.74, 6) is 3.28. The quantitative estimate of drug-likeness (QED) is 0.434. The number of nitrogens with one attached hydrogen (secondary N) is 2. The maximum Gasteiger partial charge on any atom is 0.314 e. The first-order chi connectivity index (χ1) is 8.56. The van der Waals surface area contributed by atoms with Crippen molar-refractivity contribution in [1.29, 1.82) is 0 Å². The fourth-order valence-corrected chi connectivity index (χ4v) is 1.68. The van der Waals surface area contributed by atoms with Crippen LogP contribution in [0.3, 0.4) is 0 Å². The van der Waals surface area contributed by atoms with E-state index in [1.165, 1.54) is 0 Å². The van der Waals surface area contributed by atoms with Crippen molar-refractivity contribution >= 4 is 23.8 Å². The number of amides is 2. The molecule has 5 nitrogen and oxygen atoms in total. The number of aliphatic carboxylic acids is 1. The molecule has 102 valence electrons. The van der Waals surface area contributed by atoms with Crippen LogP contribution in [-0.2, 0) is 4.79 Å². The van der Waals surface area contributed by atoms with Crippen LogP contribution in [0.2, 0.25) is 0 Å². The van der Waals surface area contributed by atoms with E-state index >= 15 is 0 Å². The zero-order valence-electron chi connectivity index (χ0n) is 10.6. The standard InChI is InChI=1S/C12H20N2O3S/c1-3-7-18-8-6-13-12(17)14-9-10(2)4-5-11(15)16/h1,10H,4-9H2,2H3,(H,15,16)(H2,13,14,17). The van der Waals surface area contributed by atoms with E-state index in [9.17, 15) is 9.59 Å². The number of rotatable bonds is 9. The highest BCUT2D eigenvalue weighted by atomic mass is 32.2. The fourth-order valence-electron chi connectivity index (χ4n) is 1.17. The van der Waals surface area contributed by atoms with E-state index in [0.29, 0.717) is 25.3 Å². The minimum Gasteiger partial charge on any atom is -0.481 e. The predicted octanol–water partition coefficient (Wildman–Crippen LogP) is 1.15. The molecule has 0 aliphatic heterocycles. The summed E-state index contributed by atoms with van der Waals surface area (Å²) in [6.45, 7) is 2.96. The lowest BCUT2D eigenvalue weighted by atomic mass is 10.1. The topological polar surface area (TPSA) is 78.4 Å². The van der Waals surface area contributed by atoms with Crippen molar-refractivity contribution in [3.8, 4) is 12.3 Å². The molecular formula is C12H20N2O3S. The third kappa shape index (κ3) is 11.1. The first-order valence-corrected chi connectivity index (χ1v) is 6.96. The Hall–Kier alpha value is -1.35. The summed E-state index contributed by atoms with van der Waals surface area (Å²) in [6, 6.07) is -0.224. The SMILES string of the molecule is C#CCSCCNC(=O)NCC(C)CCC(=O)O. The summed E-state index contributed by atoms with van der Waals surface area (Å²) in [5.41, 5.74) is 0. The lowest BCUT2D eigenvalue weighted by Crippen LogP contribution is -2.38. The van der Waals surface area contributed by atoms with E-state index in [4.69, 9.17) is 11.5 Å². The number of carbonyl (C=O) groups is 2. The Kier molecular flexibility index (Phi) is 9.97. The number of thioether (sulfide) groups is 1. The molecule has 1 unspecified atom stereocenters. The number of carbonyl (C=O) groups excluding carboxylic acids is 1. The third-order valence-electron chi connectivity index (χ3n) is 2.18. The zero-order chi connectivity index (χ0) is 13.8. The van der Waals surface area contributed by atoms with E-state index < -0.39 is 5.97 Å². The van der Waals surface area contributed by atoms with Crippen LogP contribution in [0.5, 0.6) is 0 Å². The lowest BCUT2D eigenvalue weighted by molar-refractivity contribution is -0.137. The first kappa shape index (κ1) is 16.6. The molecule has 1 atom stereocenters. The van der Waals surface area contributed by atoms with Gasteiger partial charge in [0, 0.05) is 25.3 Å². The monoisotopic (exact) mass is 272 g/mol. The molecule has 0 aromatic carbocycles. The van der Waals surface area contributed by atoms with Gasteiger partial charge in [-0.05, 0) is 12.3 Å². The van der Waals surface area contributed by atoms with Crippen molar-refractivity contribution in [2.24, 2.45) is 5.92 Å². The number of carboxylic acids is 1. The summed E-state index contributed by atoms with van der Waals surface area (Å²) < 4.78 is 0. The van der Waals surface area contributed by atoms with Crippen LogP contribution in [0, 0.1) is 18.3 Å². The van der Waals surface area contributed by atoms with Gasteiger partial charge in [-0.15, -0.1) is 18.2 Å². The van der Waals surface area contributed by atoms with Crippen molar-refractivity contribution < 1.29 is 14.7 Å². The zero-order valence-corrected chi connectivity index (χ0v) is 11.4. The number of hydrogen-bond donors (Lipinski definition) is 3. The molecule has 0 saturated heterocycles. The van der Waals surface area contributed by atoms with E-state index in [1.54, 1.807) is 11.8 Å². The molecule has 0 aromatic heterocycles. The van der Waals surface area contributed by atoms with E-state index in [1.807, 2.05) is 6.92 Å². The molecule has 0 aliphatic carbocycles. The third-order valence-corrected chi connectivity index (χ3v) is 3.04. The summed E-state index contributed by atoms with van der Waals surface area (Å²) in [6.07, 6.45) is 5.78. The molecule has 6 heteroatoms. The molecule has 0 fully saturated rings. The number of terminal acetylenes is 1. The molecule has 0 aliphatic rings. The van der Waals surface area contributed by atoms with E-state index in [-0.39, 0.29) is 18.4 Å². The maximum atomic E-state index is 11.3. The Bertz CT molecular complexity index is 302. The Labute approximate surface area is 112 Å². The summed E-state index contributed by atoms with van der Waals surface area (Å²) in [5, 5.41) is 13.9. The van der Waals surface area contributed by atoms with Crippen molar-refractivity contribution in [3.63, 3.8) is 0 Å². The van der Waals surface area contributed by atoms with Gasteiger partial charge in [0.2, 0.25) is 0 Å².